The molecule has 2 N–H and O–H groups in total. The minimum atomic E-state index is 0.612. The summed E-state index contributed by atoms with van der Waals surface area (Å²) in [6.07, 6.45) is 0. The summed E-state index contributed by atoms with van der Waals surface area (Å²) in [5.41, 5.74) is 10.9. The van der Waals surface area contributed by atoms with Crippen LogP contribution in [0.15, 0.2) is 48.5 Å². The SMILES string of the molecule is Cc1cc(CN)ccc1CN(C)Cc1ccccc1. The maximum atomic E-state index is 5.66. The second-order valence-corrected chi connectivity index (χ2v) is 5.12. The summed E-state index contributed by atoms with van der Waals surface area (Å²) in [5, 5.41) is 0. The van der Waals surface area contributed by atoms with Crippen LogP contribution in [0, 0.1) is 6.92 Å². The molecule has 100 valence electrons. The Morgan fingerprint density at radius 1 is 0.947 bits per heavy atom. The molecule has 0 unspecified atom stereocenters. The van der Waals surface area contributed by atoms with Gasteiger partial charge in [0.2, 0.25) is 0 Å². The number of benzene rings is 2. The fourth-order valence-electron chi connectivity index (χ4n) is 2.30. The summed E-state index contributed by atoms with van der Waals surface area (Å²) in [7, 11) is 2.16. The Hall–Kier alpha value is -1.64. The summed E-state index contributed by atoms with van der Waals surface area (Å²) in [5.74, 6) is 0. The standard InChI is InChI=1S/C17H22N2/c1-14-10-16(11-18)8-9-17(14)13-19(2)12-15-6-4-3-5-7-15/h3-10H,11-13,18H2,1-2H3. The molecule has 0 aromatic heterocycles. The van der Waals surface area contributed by atoms with Crippen LogP contribution < -0.4 is 5.73 Å². The van der Waals surface area contributed by atoms with E-state index in [0.717, 1.165) is 13.1 Å². The molecule has 2 aromatic carbocycles. The maximum Gasteiger partial charge on any atom is 0.0236 e. The van der Waals surface area contributed by atoms with E-state index in [4.69, 9.17) is 5.73 Å². The first-order chi connectivity index (χ1) is 9.19. The van der Waals surface area contributed by atoms with E-state index in [1.165, 1.54) is 22.3 Å². The molecule has 0 aliphatic heterocycles. The van der Waals surface area contributed by atoms with Crippen LogP contribution in [0.4, 0.5) is 0 Å². The van der Waals surface area contributed by atoms with Crippen molar-refractivity contribution in [2.24, 2.45) is 5.73 Å². The van der Waals surface area contributed by atoms with Gasteiger partial charge in [-0.05, 0) is 36.2 Å². The fraction of sp³-hybridized carbons (Fsp3) is 0.294. The highest BCUT2D eigenvalue weighted by molar-refractivity contribution is 5.31. The zero-order valence-corrected chi connectivity index (χ0v) is 11.8. The van der Waals surface area contributed by atoms with E-state index in [1.54, 1.807) is 0 Å². The normalized spacial score (nSPS) is 10.9. The largest absolute Gasteiger partial charge is 0.326 e. The Morgan fingerprint density at radius 2 is 1.68 bits per heavy atom. The molecular formula is C17H22N2. The second-order valence-electron chi connectivity index (χ2n) is 5.12. The van der Waals surface area contributed by atoms with Gasteiger partial charge in [-0.2, -0.15) is 0 Å². The Bertz CT molecular complexity index is 520. The first kappa shape index (κ1) is 13.8. The molecule has 19 heavy (non-hydrogen) atoms. The predicted molar refractivity (Wildman–Crippen MR) is 80.7 cm³/mol. The van der Waals surface area contributed by atoms with Crippen LogP contribution in [0.1, 0.15) is 22.3 Å². The van der Waals surface area contributed by atoms with Crippen LogP contribution in [0.5, 0.6) is 0 Å². The van der Waals surface area contributed by atoms with E-state index in [2.05, 4.69) is 67.4 Å². The van der Waals surface area contributed by atoms with Crippen LogP contribution in [0.25, 0.3) is 0 Å². The van der Waals surface area contributed by atoms with Crippen molar-refractivity contribution in [2.75, 3.05) is 7.05 Å². The Labute approximate surface area is 115 Å². The molecule has 0 radical (unpaired) electrons. The quantitative estimate of drug-likeness (QED) is 0.888. The van der Waals surface area contributed by atoms with Gasteiger partial charge in [0.05, 0.1) is 0 Å². The molecule has 0 fully saturated rings. The summed E-state index contributed by atoms with van der Waals surface area (Å²) >= 11 is 0. The zero-order valence-electron chi connectivity index (χ0n) is 11.8. The van der Waals surface area contributed by atoms with Crippen molar-refractivity contribution in [1.29, 1.82) is 0 Å². The number of nitrogens with two attached hydrogens (primary N) is 1. The van der Waals surface area contributed by atoms with Gasteiger partial charge in [-0.25, -0.2) is 0 Å². The average Bonchev–Trinajstić information content (AvgIpc) is 2.42. The van der Waals surface area contributed by atoms with Gasteiger partial charge in [0, 0.05) is 19.6 Å². The lowest BCUT2D eigenvalue weighted by atomic mass is 10.0. The minimum absolute atomic E-state index is 0.612. The summed E-state index contributed by atoms with van der Waals surface area (Å²) < 4.78 is 0. The van der Waals surface area contributed by atoms with Crippen LogP contribution in [-0.2, 0) is 19.6 Å². The molecule has 0 saturated carbocycles. The molecule has 2 nitrogen and oxygen atoms in total. The van der Waals surface area contributed by atoms with E-state index in [1.807, 2.05) is 0 Å². The average molecular weight is 254 g/mol. The predicted octanol–water partition coefficient (Wildman–Crippen LogP) is 3.09. The molecule has 2 rings (SSSR count). The first-order valence-electron chi connectivity index (χ1n) is 6.70. The van der Waals surface area contributed by atoms with Crippen LogP contribution >= 0.6 is 0 Å². The van der Waals surface area contributed by atoms with Gasteiger partial charge in [-0.1, -0.05) is 48.5 Å². The zero-order chi connectivity index (χ0) is 13.7. The molecule has 0 atom stereocenters. The van der Waals surface area contributed by atoms with Gasteiger partial charge in [0.15, 0.2) is 0 Å². The van der Waals surface area contributed by atoms with E-state index >= 15 is 0 Å². The molecule has 0 aliphatic rings. The highest BCUT2D eigenvalue weighted by Gasteiger charge is 2.04. The van der Waals surface area contributed by atoms with Gasteiger partial charge >= 0.3 is 0 Å². The smallest absolute Gasteiger partial charge is 0.0236 e. The molecule has 0 heterocycles. The molecule has 2 aromatic rings. The number of rotatable bonds is 5. The van der Waals surface area contributed by atoms with E-state index < -0.39 is 0 Å². The maximum absolute atomic E-state index is 5.66. The summed E-state index contributed by atoms with van der Waals surface area (Å²) in [6.45, 7) is 4.70. The molecule has 0 aliphatic carbocycles. The van der Waals surface area contributed by atoms with Crippen molar-refractivity contribution in [3.05, 3.63) is 70.8 Å². The van der Waals surface area contributed by atoms with E-state index in [0.29, 0.717) is 6.54 Å². The van der Waals surface area contributed by atoms with Gasteiger partial charge in [0.1, 0.15) is 0 Å². The third-order valence-electron chi connectivity index (χ3n) is 3.38. The van der Waals surface area contributed by atoms with Crippen molar-refractivity contribution in [1.82, 2.24) is 4.90 Å². The molecule has 0 amide bonds. The van der Waals surface area contributed by atoms with Crippen molar-refractivity contribution >= 4 is 0 Å². The molecule has 0 spiro atoms. The highest BCUT2D eigenvalue weighted by Crippen LogP contribution is 2.14. The second kappa shape index (κ2) is 6.50. The van der Waals surface area contributed by atoms with Gasteiger partial charge < -0.3 is 5.73 Å². The number of hydrogen-bond donors (Lipinski definition) is 1. The first-order valence-corrected chi connectivity index (χ1v) is 6.70. The monoisotopic (exact) mass is 254 g/mol. The molecule has 0 bridgehead atoms. The van der Waals surface area contributed by atoms with E-state index in [-0.39, 0.29) is 0 Å². The number of hydrogen-bond acceptors (Lipinski definition) is 2. The third-order valence-corrected chi connectivity index (χ3v) is 3.38. The third kappa shape index (κ3) is 3.91. The molecule has 2 heteroatoms. The lowest BCUT2D eigenvalue weighted by Gasteiger charge is -2.18. The Kier molecular flexibility index (Phi) is 4.72. The summed E-state index contributed by atoms with van der Waals surface area (Å²) in [6, 6.07) is 17.1. The Balaban J connectivity index is 2.01. The lowest BCUT2D eigenvalue weighted by molar-refractivity contribution is 0.318. The minimum Gasteiger partial charge on any atom is -0.326 e. The van der Waals surface area contributed by atoms with E-state index in [9.17, 15) is 0 Å². The van der Waals surface area contributed by atoms with Crippen LogP contribution in [0.2, 0.25) is 0 Å². The van der Waals surface area contributed by atoms with Crippen LogP contribution in [0.3, 0.4) is 0 Å². The van der Waals surface area contributed by atoms with Crippen molar-refractivity contribution in [3.8, 4) is 0 Å². The highest BCUT2D eigenvalue weighted by atomic mass is 15.1. The van der Waals surface area contributed by atoms with Crippen molar-refractivity contribution in [2.45, 2.75) is 26.6 Å². The van der Waals surface area contributed by atoms with Crippen molar-refractivity contribution in [3.63, 3.8) is 0 Å². The number of nitrogens with zero attached hydrogens (tertiary/aromatic N) is 1. The van der Waals surface area contributed by atoms with Gasteiger partial charge in [0.25, 0.3) is 0 Å². The molecular weight excluding hydrogens is 232 g/mol. The number of aryl methyl sites for hydroxylation is 1. The fourth-order valence-corrected chi connectivity index (χ4v) is 2.30. The van der Waals surface area contributed by atoms with Gasteiger partial charge in [-0.15, -0.1) is 0 Å². The topological polar surface area (TPSA) is 29.3 Å². The van der Waals surface area contributed by atoms with Gasteiger partial charge in [-0.3, -0.25) is 4.90 Å². The Morgan fingerprint density at radius 3 is 2.32 bits per heavy atom. The van der Waals surface area contributed by atoms with Crippen molar-refractivity contribution < 1.29 is 0 Å². The molecule has 0 saturated heterocycles. The summed E-state index contributed by atoms with van der Waals surface area (Å²) in [4.78, 5) is 2.33. The van der Waals surface area contributed by atoms with Crippen LogP contribution in [-0.4, -0.2) is 11.9 Å². The lowest BCUT2D eigenvalue weighted by Crippen LogP contribution is -2.17.